The van der Waals surface area contributed by atoms with E-state index in [-0.39, 0.29) is 11.6 Å². The van der Waals surface area contributed by atoms with E-state index in [1.54, 1.807) is 6.21 Å². The Morgan fingerprint density at radius 2 is 1.97 bits per heavy atom. The van der Waals surface area contributed by atoms with E-state index in [2.05, 4.69) is 20.7 Å². The molecule has 9 heteroatoms. The van der Waals surface area contributed by atoms with Crippen LogP contribution in [0.4, 0.5) is 4.39 Å². The normalized spacial score (nSPS) is 14.5. The van der Waals surface area contributed by atoms with Crippen LogP contribution in [-0.2, 0) is 4.74 Å². The number of nitrogens with zero attached hydrogens (tertiary/aromatic N) is 3. The van der Waals surface area contributed by atoms with E-state index in [1.807, 2.05) is 35.7 Å². The Bertz CT molecular complexity index is 1190. The van der Waals surface area contributed by atoms with E-state index in [0.717, 1.165) is 62.5 Å². The fourth-order valence-corrected chi connectivity index (χ4v) is 4.22. The van der Waals surface area contributed by atoms with Crippen molar-refractivity contribution in [2.24, 2.45) is 5.10 Å². The molecule has 2 N–H and O–H groups in total. The van der Waals surface area contributed by atoms with Gasteiger partial charge >= 0.3 is 0 Å². The number of hydrogen-bond donors (Lipinski definition) is 2. The summed E-state index contributed by atoms with van der Waals surface area (Å²) in [6.07, 6.45) is 4.49. The molecule has 34 heavy (non-hydrogen) atoms. The van der Waals surface area contributed by atoms with Crippen LogP contribution in [0.5, 0.6) is 0 Å². The van der Waals surface area contributed by atoms with Crippen molar-refractivity contribution in [3.05, 3.63) is 76.9 Å². The van der Waals surface area contributed by atoms with Gasteiger partial charge in [0.1, 0.15) is 5.82 Å². The van der Waals surface area contributed by atoms with Crippen LogP contribution in [0, 0.1) is 12.7 Å². The lowest BCUT2D eigenvalue weighted by Crippen LogP contribution is -2.39. The van der Waals surface area contributed by atoms with Gasteiger partial charge in [0.15, 0.2) is 5.11 Å². The zero-order chi connectivity index (χ0) is 23.9. The molecule has 0 spiro atoms. The molecule has 1 aromatic carbocycles. The minimum absolute atomic E-state index is 0.177. The molecule has 7 nitrogen and oxygen atoms in total. The molecule has 0 atom stereocenters. The number of ether oxygens (including phenoxy) is 1. The highest BCUT2D eigenvalue weighted by atomic mass is 32.1. The van der Waals surface area contributed by atoms with Crippen molar-refractivity contribution in [3.8, 4) is 0 Å². The van der Waals surface area contributed by atoms with Gasteiger partial charge in [-0.25, -0.2) is 4.39 Å². The number of carbonyl (C=O) groups is 1. The number of hydrazone groups is 1. The van der Waals surface area contributed by atoms with Gasteiger partial charge in [0, 0.05) is 37.0 Å². The first kappa shape index (κ1) is 24.0. The van der Waals surface area contributed by atoms with Crippen LogP contribution in [0.15, 0.2) is 53.8 Å². The summed E-state index contributed by atoms with van der Waals surface area (Å²) >= 11 is 5.33. The lowest BCUT2D eigenvalue weighted by atomic mass is 10.0. The second-order valence-electron chi connectivity index (χ2n) is 8.11. The second-order valence-corrected chi connectivity index (χ2v) is 8.52. The zero-order valence-corrected chi connectivity index (χ0v) is 19.9. The van der Waals surface area contributed by atoms with Crippen LogP contribution in [-0.4, -0.2) is 65.8 Å². The summed E-state index contributed by atoms with van der Waals surface area (Å²) in [6, 6.07) is 11.3. The van der Waals surface area contributed by atoms with E-state index in [1.165, 1.54) is 24.3 Å². The molecule has 178 valence electrons. The number of ketones is 1. The molecular formula is C25H28FN5O2S. The highest BCUT2D eigenvalue weighted by Crippen LogP contribution is 2.24. The first-order chi connectivity index (χ1) is 16.5. The Kier molecular flexibility index (Phi) is 7.99. The average Bonchev–Trinajstić information content (AvgIpc) is 3.14. The molecule has 0 unspecified atom stereocenters. The molecule has 3 aromatic rings. The van der Waals surface area contributed by atoms with Gasteiger partial charge in [-0.05, 0) is 74.1 Å². The van der Waals surface area contributed by atoms with Crippen LogP contribution in [0.1, 0.15) is 33.6 Å². The predicted octanol–water partition coefficient (Wildman–Crippen LogP) is 3.14. The molecule has 4 rings (SSSR count). The summed E-state index contributed by atoms with van der Waals surface area (Å²) < 4.78 is 20.5. The third-order valence-electron chi connectivity index (χ3n) is 5.86. The fraction of sp³-hybridized carbons (Fsp3) is 0.320. The quantitative estimate of drug-likeness (QED) is 0.169. The third-order valence-corrected chi connectivity index (χ3v) is 6.09. The monoisotopic (exact) mass is 481 g/mol. The van der Waals surface area contributed by atoms with E-state index in [0.29, 0.717) is 16.4 Å². The van der Waals surface area contributed by atoms with Crippen molar-refractivity contribution in [1.82, 2.24) is 20.0 Å². The first-order valence-electron chi connectivity index (χ1n) is 11.3. The molecule has 1 saturated heterocycles. The number of aromatic nitrogens is 1. The number of benzene rings is 1. The Morgan fingerprint density at radius 3 is 2.74 bits per heavy atom. The molecule has 2 aromatic heterocycles. The maximum atomic E-state index is 13.3. The molecule has 0 bridgehead atoms. The van der Waals surface area contributed by atoms with E-state index >= 15 is 0 Å². The summed E-state index contributed by atoms with van der Waals surface area (Å²) in [5.74, 6) is -0.554. The summed E-state index contributed by atoms with van der Waals surface area (Å²) in [6.45, 7) is 7.19. The van der Waals surface area contributed by atoms with Crippen molar-refractivity contribution >= 4 is 34.8 Å². The van der Waals surface area contributed by atoms with Gasteiger partial charge in [0.25, 0.3) is 0 Å². The Balaban J connectivity index is 1.40. The maximum Gasteiger partial charge on any atom is 0.210 e. The van der Waals surface area contributed by atoms with Gasteiger partial charge in [0.05, 0.1) is 30.6 Å². The van der Waals surface area contributed by atoms with Gasteiger partial charge in [0.2, 0.25) is 5.78 Å². The molecule has 3 heterocycles. The molecule has 1 aliphatic heterocycles. The predicted molar refractivity (Wildman–Crippen MR) is 135 cm³/mol. The van der Waals surface area contributed by atoms with Crippen molar-refractivity contribution < 1.29 is 13.9 Å². The average molecular weight is 482 g/mol. The van der Waals surface area contributed by atoms with Crippen molar-refractivity contribution in [2.45, 2.75) is 13.3 Å². The maximum absolute atomic E-state index is 13.3. The summed E-state index contributed by atoms with van der Waals surface area (Å²) in [5, 5.41) is 7.91. The van der Waals surface area contributed by atoms with Crippen molar-refractivity contribution in [1.29, 1.82) is 0 Å². The van der Waals surface area contributed by atoms with Gasteiger partial charge in [-0.2, -0.15) is 5.10 Å². The lowest BCUT2D eigenvalue weighted by molar-refractivity contribution is 0.0376. The second kappa shape index (κ2) is 11.3. The third kappa shape index (κ3) is 5.67. The number of halogens is 1. The van der Waals surface area contributed by atoms with Gasteiger partial charge in [-0.1, -0.05) is 6.07 Å². The van der Waals surface area contributed by atoms with E-state index in [4.69, 9.17) is 17.0 Å². The smallest absolute Gasteiger partial charge is 0.210 e. The minimum atomic E-state index is -0.377. The number of fused-ring (bicyclic) bond motifs is 1. The van der Waals surface area contributed by atoms with Crippen molar-refractivity contribution in [3.63, 3.8) is 0 Å². The Morgan fingerprint density at radius 1 is 1.21 bits per heavy atom. The van der Waals surface area contributed by atoms with E-state index < -0.39 is 0 Å². The number of morpholine rings is 1. The van der Waals surface area contributed by atoms with E-state index in [9.17, 15) is 9.18 Å². The Hall–Kier alpha value is -3.14. The van der Waals surface area contributed by atoms with Crippen LogP contribution in [0.3, 0.4) is 0 Å². The Labute approximate surface area is 203 Å². The minimum Gasteiger partial charge on any atom is -0.379 e. The molecule has 0 radical (unpaired) electrons. The largest absolute Gasteiger partial charge is 0.379 e. The van der Waals surface area contributed by atoms with Crippen LogP contribution < -0.4 is 10.7 Å². The number of nitrogens with one attached hydrogen (secondary N) is 2. The standard InChI is InChI=1S/C25H28FN5O2S/c1-18-21(17-28-29-25(34)27-10-4-11-30-13-15-33-16-14-30)22-5-2-3-12-31(22)23(18)24(32)19-6-8-20(26)9-7-19/h2-3,5-9,12,17H,4,10-11,13-16H2,1H3,(H2,27,29,34). The first-order valence-corrected chi connectivity index (χ1v) is 11.7. The zero-order valence-electron chi connectivity index (χ0n) is 19.1. The molecule has 0 amide bonds. The van der Waals surface area contributed by atoms with Crippen LogP contribution >= 0.6 is 12.2 Å². The van der Waals surface area contributed by atoms with Gasteiger partial charge in [-0.3, -0.25) is 15.1 Å². The summed E-state index contributed by atoms with van der Waals surface area (Å²) in [5.41, 5.74) is 6.26. The van der Waals surface area contributed by atoms with Crippen LogP contribution in [0.2, 0.25) is 0 Å². The highest BCUT2D eigenvalue weighted by molar-refractivity contribution is 7.80. The highest BCUT2D eigenvalue weighted by Gasteiger charge is 2.21. The lowest BCUT2D eigenvalue weighted by Gasteiger charge is -2.26. The number of rotatable bonds is 8. The molecule has 0 saturated carbocycles. The molecule has 1 aliphatic rings. The van der Waals surface area contributed by atoms with Gasteiger partial charge in [-0.15, -0.1) is 0 Å². The summed E-state index contributed by atoms with van der Waals surface area (Å²) in [7, 11) is 0. The number of pyridine rings is 1. The summed E-state index contributed by atoms with van der Waals surface area (Å²) in [4.78, 5) is 15.6. The topological polar surface area (TPSA) is 70.4 Å². The SMILES string of the molecule is Cc1c(C=NNC(=S)NCCCN2CCOCC2)c2ccccn2c1C(=O)c1ccc(F)cc1. The van der Waals surface area contributed by atoms with Crippen LogP contribution in [0.25, 0.3) is 5.52 Å². The molecular weight excluding hydrogens is 453 g/mol. The number of carbonyl (C=O) groups excluding carboxylic acids is 1. The van der Waals surface area contributed by atoms with Crippen molar-refractivity contribution in [2.75, 3.05) is 39.4 Å². The number of hydrogen-bond acceptors (Lipinski definition) is 5. The number of thiocarbonyl (C=S) groups is 1. The van der Waals surface area contributed by atoms with Gasteiger partial charge < -0.3 is 14.5 Å². The molecule has 1 fully saturated rings. The molecule has 0 aliphatic carbocycles. The fourth-order valence-electron chi connectivity index (χ4n) is 4.06.